The number of rotatable bonds is 8. The van der Waals surface area contributed by atoms with Gasteiger partial charge in [-0.1, -0.05) is 6.92 Å². The number of guanidine groups is 1. The molecule has 2 rings (SSSR count). The standard InChI is InChI=1S/C20H41N5O/c1-5-21-19(22-9-7-10-24-12-14-26-15-13-24)23-17-20(3,4)25-11-6-8-18(2)16-25/h18H,5-17H2,1-4H3,(H2,21,22,23). The van der Waals surface area contributed by atoms with Gasteiger partial charge in [-0.05, 0) is 59.0 Å². The van der Waals surface area contributed by atoms with E-state index < -0.39 is 0 Å². The van der Waals surface area contributed by atoms with E-state index in [0.717, 1.165) is 70.8 Å². The molecule has 2 aliphatic heterocycles. The van der Waals surface area contributed by atoms with Gasteiger partial charge in [-0.15, -0.1) is 0 Å². The van der Waals surface area contributed by atoms with E-state index in [-0.39, 0.29) is 5.54 Å². The summed E-state index contributed by atoms with van der Waals surface area (Å²) in [6.07, 6.45) is 3.81. The fraction of sp³-hybridized carbons (Fsp3) is 0.950. The normalized spacial score (nSPS) is 23.8. The molecular weight excluding hydrogens is 326 g/mol. The largest absolute Gasteiger partial charge is 0.379 e. The first kappa shape index (κ1) is 21.5. The summed E-state index contributed by atoms with van der Waals surface area (Å²) in [6, 6.07) is 0. The topological polar surface area (TPSA) is 52.1 Å². The molecule has 0 saturated carbocycles. The summed E-state index contributed by atoms with van der Waals surface area (Å²) in [5.41, 5.74) is 0.116. The number of nitrogens with one attached hydrogen (secondary N) is 2. The zero-order valence-corrected chi connectivity index (χ0v) is 17.5. The number of morpholine rings is 1. The van der Waals surface area contributed by atoms with Gasteiger partial charge in [0.2, 0.25) is 0 Å². The molecule has 1 unspecified atom stereocenters. The van der Waals surface area contributed by atoms with Gasteiger partial charge in [0.25, 0.3) is 0 Å². The van der Waals surface area contributed by atoms with Crippen LogP contribution in [0, 0.1) is 5.92 Å². The highest BCUT2D eigenvalue weighted by Crippen LogP contribution is 2.24. The maximum absolute atomic E-state index is 5.41. The summed E-state index contributed by atoms with van der Waals surface area (Å²) >= 11 is 0. The Morgan fingerprint density at radius 3 is 2.65 bits per heavy atom. The molecule has 0 bridgehead atoms. The summed E-state index contributed by atoms with van der Waals surface area (Å²) < 4.78 is 5.41. The predicted molar refractivity (Wildman–Crippen MR) is 110 cm³/mol. The zero-order chi connectivity index (χ0) is 18.8. The SMILES string of the molecule is CCNC(=NCC(C)(C)N1CCCC(C)C1)NCCCN1CCOCC1. The molecule has 2 N–H and O–H groups in total. The lowest BCUT2D eigenvalue weighted by Crippen LogP contribution is -2.51. The minimum atomic E-state index is 0.116. The van der Waals surface area contributed by atoms with Gasteiger partial charge in [-0.3, -0.25) is 14.8 Å². The van der Waals surface area contributed by atoms with Crippen molar-refractivity contribution in [2.75, 3.05) is 65.6 Å². The van der Waals surface area contributed by atoms with Crippen LogP contribution in [0.4, 0.5) is 0 Å². The van der Waals surface area contributed by atoms with Crippen molar-refractivity contribution in [3.05, 3.63) is 0 Å². The molecule has 1 atom stereocenters. The maximum Gasteiger partial charge on any atom is 0.191 e. The highest BCUT2D eigenvalue weighted by molar-refractivity contribution is 5.79. The van der Waals surface area contributed by atoms with Gasteiger partial charge in [0.1, 0.15) is 0 Å². The van der Waals surface area contributed by atoms with Crippen molar-refractivity contribution in [1.29, 1.82) is 0 Å². The first-order valence-electron chi connectivity index (χ1n) is 10.6. The molecule has 0 amide bonds. The van der Waals surface area contributed by atoms with E-state index in [1.807, 2.05) is 0 Å². The van der Waals surface area contributed by atoms with Gasteiger partial charge in [0, 0.05) is 38.3 Å². The third-order valence-corrected chi connectivity index (χ3v) is 5.53. The number of ether oxygens (including phenoxy) is 1. The van der Waals surface area contributed by atoms with Crippen LogP contribution in [0.3, 0.4) is 0 Å². The van der Waals surface area contributed by atoms with E-state index in [2.05, 4.69) is 48.1 Å². The molecule has 2 saturated heterocycles. The van der Waals surface area contributed by atoms with E-state index in [1.54, 1.807) is 0 Å². The van der Waals surface area contributed by atoms with Crippen LogP contribution in [0.25, 0.3) is 0 Å². The van der Waals surface area contributed by atoms with Crippen LogP contribution in [-0.2, 0) is 4.74 Å². The van der Waals surface area contributed by atoms with Crippen LogP contribution in [0.1, 0.15) is 47.0 Å². The van der Waals surface area contributed by atoms with Crippen molar-refractivity contribution in [1.82, 2.24) is 20.4 Å². The fourth-order valence-corrected chi connectivity index (χ4v) is 3.79. The number of aliphatic imine (C=N–C) groups is 1. The summed E-state index contributed by atoms with van der Waals surface area (Å²) in [4.78, 5) is 9.99. The zero-order valence-electron chi connectivity index (χ0n) is 17.5. The van der Waals surface area contributed by atoms with Gasteiger partial charge in [0.15, 0.2) is 5.96 Å². The van der Waals surface area contributed by atoms with Crippen LogP contribution in [0.2, 0.25) is 0 Å². The molecule has 2 fully saturated rings. The third-order valence-electron chi connectivity index (χ3n) is 5.53. The average molecular weight is 368 g/mol. The maximum atomic E-state index is 5.41. The summed E-state index contributed by atoms with van der Waals surface area (Å²) in [5, 5.41) is 6.90. The molecule has 0 spiro atoms. The van der Waals surface area contributed by atoms with Crippen LogP contribution in [0.5, 0.6) is 0 Å². The lowest BCUT2D eigenvalue weighted by molar-refractivity contribution is 0.0376. The Morgan fingerprint density at radius 2 is 1.96 bits per heavy atom. The lowest BCUT2D eigenvalue weighted by Gasteiger charge is -2.42. The van der Waals surface area contributed by atoms with E-state index in [0.29, 0.717) is 0 Å². The second-order valence-electron chi connectivity index (χ2n) is 8.44. The average Bonchev–Trinajstić information content (AvgIpc) is 2.64. The molecule has 6 nitrogen and oxygen atoms in total. The van der Waals surface area contributed by atoms with Crippen LogP contribution < -0.4 is 10.6 Å². The fourth-order valence-electron chi connectivity index (χ4n) is 3.79. The van der Waals surface area contributed by atoms with E-state index in [9.17, 15) is 0 Å². The minimum Gasteiger partial charge on any atom is -0.379 e. The minimum absolute atomic E-state index is 0.116. The van der Waals surface area contributed by atoms with Gasteiger partial charge in [-0.2, -0.15) is 0 Å². The Morgan fingerprint density at radius 1 is 1.19 bits per heavy atom. The second kappa shape index (κ2) is 11.1. The molecule has 6 heteroatoms. The van der Waals surface area contributed by atoms with E-state index in [1.165, 1.54) is 25.9 Å². The van der Waals surface area contributed by atoms with Crippen molar-refractivity contribution in [2.24, 2.45) is 10.9 Å². The van der Waals surface area contributed by atoms with Gasteiger partial charge >= 0.3 is 0 Å². The van der Waals surface area contributed by atoms with Crippen molar-refractivity contribution in [3.63, 3.8) is 0 Å². The Labute approximate surface area is 160 Å². The highest BCUT2D eigenvalue weighted by Gasteiger charge is 2.29. The van der Waals surface area contributed by atoms with E-state index >= 15 is 0 Å². The molecule has 0 aliphatic carbocycles. The van der Waals surface area contributed by atoms with E-state index in [4.69, 9.17) is 9.73 Å². The first-order valence-corrected chi connectivity index (χ1v) is 10.6. The van der Waals surface area contributed by atoms with Crippen LogP contribution in [0.15, 0.2) is 4.99 Å². The first-order chi connectivity index (χ1) is 12.5. The number of nitrogens with zero attached hydrogens (tertiary/aromatic N) is 3. The quantitative estimate of drug-likeness (QED) is 0.389. The predicted octanol–water partition coefficient (Wildman–Crippen LogP) is 1.77. The molecule has 26 heavy (non-hydrogen) atoms. The Kier molecular flexibility index (Phi) is 9.16. The Hall–Kier alpha value is -0.850. The Bertz CT molecular complexity index is 420. The molecule has 152 valence electrons. The monoisotopic (exact) mass is 367 g/mol. The molecule has 0 aromatic carbocycles. The highest BCUT2D eigenvalue weighted by atomic mass is 16.5. The van der Waals surface area contributed by atoms with Crippen LogP contribution in [-0.4, -0.2) is 86.9 Å². The molecule has 0 aromatic rings. The summed E-state index contributed by atoms with van der Waals surface area (Å²) in [6.45, 7) is 19.3. The lowest BCUT2D eigenvalue weighted by atomic mass is 9.94. The van der Waals surface area contributed by atoms with Crippen molar-refractivity contribution >= 4 is 5.96 Å². The number of likely N-dealkylation sites (tertiary alicyclic amines) is 1. The molecule has 0 aromatic heterocycles. The van der Waals surface area contributed by atoms with Gasteiger partial charge < -0.3 is 15.4 Å². The second-order valence-corrected chi connectivity index (χ2v) is 8.44. The molecule has 2 heterocycles. The Balaban J connectivity index is 1.75. The van der Waals surface area contributed by atoms with Crippen molar-refractivity contribution in [2.45, 2.75) is 52.5 Å². The molecule has 2 aliphatic rings. The van der Waals surface area contributed by atoms with Gasteiger partial charge in [-0.25, -0.2) is 0 Å². The molecular formula is C20H41N5O. The van der Waals surface area contributed by atoms with Crippen molar-refractivity contribution < 1.29 is 4.74 Å². The van der Waals surface area contributed by atoms with Crippen molar-refractivity contribution in [3.8, 4) is 0 Å². The smallest absolute Gasteiger partial charge is 0.191 e. The van der Waals surface area contributed by atoms with Gasteiger partial charge in [0.05, 0.1) is 19.8 Å². The summed E-state index contributed by atoms with van der Waals surface area (Å²) in [7, 11) is 0. The number of hydrogen-bond acceptors (Lipinski definition) is 4. The summed E-state index contributed by atoms with van der Waals surface area (Å²) in [5.74, 6) is 1.76. The number of piperidine rings is 1. The third kappa shape index (κ3) is 7.41. The molecule has 0 radical (unpaired) electrons. The van der Waals surface area contributed by atoms with Crippen LogP contribution >= 0.6 is 0 Å². The number of hydrogen-bond donors (Lipinski definition) is 2.